The maximum atomic E-state index is 4.33. The van der Waals surface area contributed by atoms with Gasteiger partial charge in [0.1, 0.15) is 0 Å². The zero-order chi connectivity index (χ0) is 12.1. The molecule has 2 rings (SSSR count). The molecule has 0 bridgehead atoms. The largest absolute Gasteiger partial charge is 0.313 e. The lowest BCUT2D eigenvalue weighted by Gasteiger charge is -2.05. The first-order chi connectivity index (χ1) is 8.31. The number of pyridine rings is 1. The fraction of sp³-hybridized carbons (Fsp3) is 0.357. The summed E-state index contributed by atoms with van der Waals surface area (Å²) in [7, 11) is 0. The molecule has 0 aliphatic rings. The Kier molecular flexibility index (Phi) is 4.29. The summed E-state index contributed by atoms with van der Waals surface area (Å²) in [5.74, 6) is 0. The number of thiophene rings is 1. The highest BCUT2D eigenvalue weighted by atomic mass is 32.1. The SMILES string of the molecule is CCCNCc1cncc(-c2ccsc2C)c1. The third kappa shape index (κ3) is 3.14. The average Bonchev–Trinajstić information content (AvgIpc) is 2.76. The number of rotatable bonds is 5. The van der Waals surface area contributed by atoms with Crippen LogP contribution in [0.2, 0.25) is 0 Å². The standard InChI is InChI=1S/C14H18N2S/c1-3-5-15-8-12-7-13(10-16-9-12)14-4-6-17-11(14)2/h4,6-7,9-10,15H,3,5,8H2,1-2H3. The Hall–Kier alpha value is -1.19. The molecule has 1 N–H and O–H groups in total. The number of nitrogens with one attached hydrogen (secondary N) is 1. The van der Waals surface area contributed by atoms with E-state index in [4.69, 9.17) is 0 Å². The van der Waals surface area contributed by atoms with Crippen LogP contribution in [0, 0.1) is 6.92 Å². The molecule has 2 aromatic heterocycles. The second kappa shape index (κ2) is 5.94. The first-order valence-electron chi connectivity index (χ1n) is 6.00. The normalized spacial score (nSPS) is 10.7. The molecule has 90 valence electrons. The van der Waals surface area contributed by atoms with E-state index in [1.54, 1.807) is 11.3 Å². The van der Waals surface area contributed by atoms with E-state index in [2.05, 4.69) is 41.7 Å². The van der Waals surface area contributed by atoms with Gasteiger partial charge in [-0.05, 0) is 48.5 Å². The molecule has 0 fully saturated rings. The van der Waals surface area contributed by atoms with Gasteiger partial charge in [0.05, 0.1) is 0 Å². The van der Waals surface area contributed by atoms with E-state index in [9.17, 15) is 0 Å². The van der Waals surface area contributed by atoms with Crippen molar-refractivity contribution in [3.05, 3.63) is 40.3 Å². The first kappa shape index (κ1) is 12.3. The molecule has 2 aromatic rings. The van der Waals surface area contributed by atoms with Crippen molar-refractivity contribution >= 4 is 11.3 Å². The number of hydrogen-bond acceptors (Lipinski definition) is 3. The fourth-order valence-corrected chi connectivity index (χ4v) is 2.55. The average molecular weight is 246 g/mol. The maximum absolute atomic E-state index is 4.33. The molecule has 3 heteroatoms. The van der Waals surface area contributed by atoms with E-state index in [1.807, 2.05) is 12.4 Å². The number of aromatic nitrogens is 1. The predicted molar refractivity (Wildman–Crippen MR) is 74.3 cm³/mol. The van der Waals surface area contributed by atoms with Crippen LogP contribution >= 0.6 is 11.3 Å². The van der Waals surface area contributed by atoms with Crippen LogP contribution in [0.1, 0.15) is 23.8 Å². The van der Waals surface area contributed by atoms with Gasteiger partial charge < -0.3 is 5.32 Å². The number of nitrogens with zero attached hydrogens (tertiary/aromatic N) is 1. The fourth-order valence-electron chi connectivity index (χ4n) is 1.83. The zero-order valence-corrected chi connectivity index (χ0v) is 11.2. The highest BCUT2D eigenvalue weighted by Gasteiger charge is 2.04. The van der Waals surface area contributed by atoms with E-state index < -0.39 is 0 Å². The molecule has 0 saturated carbocycles. The third-order valence-electron chi connectivity index (χ3n) is 2.72. The summed E-state index contributed by atoms with van der Waals surface area (Å²) in [5.41, 5.74) is 3.78. The highest BCUT2D eigenvalue weighted by molar-refractivity contribution is 7.10. The molecule has 2 nitrogen and oxygen atoms in total. The molecule has 0 aliphatic heterocycles. The molecule has 0 unspecified atom stereocenters. The monoisotopic (exact) mass is 246 g/mol. The van der Waals surface area contributed by atoms with Gasteiger partial charge in [-0.25, -0.2) is 0 Å². The summed E-state index contributed by atoms with van der Waals surface area (Å²) in [6, 6.07) is 4.39. The highest BCUT2D eigenvalue weighted by Crippen LogP contribution is 2.27. The van der Waals surface area contributed by atoms with Crippen molar-refractivity contribution in [2.45, 2.75) is 26.8 Å². The Balaban J connectivity index is 2.14. The van der Waals surface area contributed by atoms with Crippen molar-refractivity contribution in [1.82, 2.24) is 10.3 Å². The van der Waals surface area contributed by atoms with Gasteiger partial charge in [0.15, 0.2) is 0 Å². The van der Waals surface area contributed by atoms with Gasteiger partial charge >= 0.3 is 0 Å². The maximum Gasteiger partial charge on any atom is 0.0346 e. The van der Waals surface area contributed by atoms with Crippen LogP contribution in [0.4, 0.5) is 0 Å². The summed E-state index contributed by atoms with van der Waals surface area (Å²) < 4.78 is 0. The van der Waals surface area contributed by atoms with Gasteiger partial charge in [-0.15, -0.1) is 11.3 Å². The molecule has 2 heterocycles. The van der Waals surface area contributed by atoms with Crippen LogP contribution in [-0.2, 0) is 6.54 Å². The summed E-state index contributed by atoms with van der Waals surface area (Å²) in [4.78, 5) is 5.68. The molecule has 0 amide bonds. The van der Waals surface area contributed by atoms with E-state index >= 15 is 0 Å². The molecule has 0 aromatic carbocycles. The van der Waals surface area contributed by atoms with Gasteiger partial charge in [0.25, 0.3) is 0 Å². The minimum absolute atomic E-state index is 0.901. The van der Waals surface area contributed by atoms with Gasteiger partial charge in [-0.3, -0.25) is 4.98 Å². The molecule has 0 radical (unpaired) electrons. The van der Waals surface area contributed by atoms with Crippen LogP contribution in [-0.4, -0.2) is 11.5 Å². The minimum atomic E-state index is 0.901. The van der Waals surface area contributed by atoms with Gasteiger partial charge in [-0.2, -0.15) is 0 Å². The van der Waals surface area contributed by atoms with E-state index in [-0.39, 0.29) is 0 Å². The lowest BCUT2D eigenvalue weighted by Crippen LogP contribution is -2.13. The minimum Gasteiger partial charge on any atom is -0.313 e. The molecule has 0 spiro atoms. The topological polar surface area (TPSA) is 24.9 Å². The Bertz CT molecular complexity index is 477. The van der Waals surface area contributed by atoms with Crippen LogP contribution in [0.3, 0.4) is 0 Å². The van der Waals surface area contributed by atoms with Crippen molar-refractivity contribution in [3.63, 3.8) is 0 Å². The molecular formula is C14H18N2S. The molecule has 0 saturated heterocycles. The van der Waals surface area contributed by atoms with E-state index in [0.717, 1.165) is 19.5 Å². The van der Waals surface area contributed by atoms with Crippen molar-refractivity contribution < 1.29 is 0 Å². The number of hydrogen-bond donors (Lipinski definition) is 1. The van der Waals surface area contributed by atoms with Crippen LogP contribution in [0.15, 0.2) is 29.9 Å². The zero-order valence-electron chi connectivity index (χ0n) is 10.4. The summed E-state index contributed by atoms with van der Waals surface area (Å²) in [6.45, 7) is 6.29. The van der Waals surface area contributed by atoms with Crippen LogP contribution < -0.4 is 5.32 Å². The van der Waals surface area contributed by atoms with Crippen molar-refractivity contribution in [2.24, 2.45) is 0 Å². The van der Waals surface area contributed by atoms with Crippen molar-refractivity contribution in [3.8, 4) is 11.1 Å². The van der Waals surface area contributed by atoms with Crippen LogP contribution in [0.25, 0.3) is 11.1 Å². The molecular weight excluding hydrogens is 228 g/mol. The van der Waals surface area contributed by atoms with E-state index in [0.29, 0.717) is 0 Å². The smallest absolute Gasteiger partial charge is 0.0346 e. The summed E-state index contributed by atoms with van der Waals surface area (Å²) in [5, 5.41) is 5.53. The Morgan fingerprint density at radius 1 is 1.35 bits per heavy atom. The lowest BCUT2D eigenvalue weighted by atomic mass is 10.1. The molecule has 0 aliphatic carbocycles. The molecule has 17 heavy (non-hydrogen) atoms. The summed E-state index contributed by atoms with van der Waals surface area (Å²) >= 11 is 1.78. The van der Waals surface area contributed by atoms with Gasteiger partial charge in [0.2, 0.25) is 0 Å². The van der Waals surface area contributed by atoms with Crippen molar-refractivity contribution in [1.29, 1.82) is 0 Å². The van der Waals surface area contributed by atoms with Gasteiger partial charge in [-0.1, -0.05) is 6.92 Å². The number of aryl methyl sites for hydroxylation is 1. The van der Waals surface area contributed by atoms with Crippen LogP contribution in [0.5, 0.6) is 0 Å². The quantitative estimate of drug-likeness (QED) is 0.815. The van der Waals surface area contributed by atoms with E-state index in [1.165, 1.54) is 21.6 Å². The lowest BCUT2D eigenvalue weighted by molar-refractivity contribution is 0.674. The van der Waals surface area contributed by atoms with Gasteiger partial charge in [0, 0.05) is 29.4 Å². The second-order valence-corrected chi connectivity index (χ2v) is 5.27. The third-order valence-corrected chi connectivity index (χ3v) is 3.57. The van der Waals surface area contributed by atoms with Crippen molar-refractivity contribution in [2.75, 3.05) is 6.54 Å². The summed E-state index contributed by atoms with van der Waals surface area (Å²) in [6.07, 6.45) is 5.04. The molecule has 0 atom stereocenters. The predicted octanol–water partition coefficient (Wildman–Crippen LogP) is 3.62. The Morgan fingerprint density at radius 2 is 2.24 bits per heavy atom. The second-order valence-electron chi connectivity index (χ2n) is 4.15. The first-order valence-corrected chi connectivity index (χ1v) is 6.88. The Labute approximate surface area is 107 Å². The Morgan fingerprint density at radius 3 is 2.94 bits per heavy atom.